The van der Waals surface area contributed by atoms with E-state index in [1.807, 2.05) is 6.92 Å². The van der Waals surface area contributed by atoms with Crippen LogP contribution in [0.15, 0.2) is 18.2 Å². The van der Waals surface area contributed by atoms with Crippen molar-refractivity contribution in [3.8, 4) is 11.4 Å². The molecule has 0 bridgehead atoms. The number of nitrogens with two attached hydrogens (primary N) is 1. The molecule has 18 heavy (non-hydrogen) atoms. The van der Waals surface area contributed by atoms with Gasteiger partial charge in [0.1, 0.15) is 11.6 Å². The largest absolute Gasteiger partial charge is 0.325 e. The topological polar surface area (TPSA) is 51.8 Å². The third-order valence-corrected chi connectivity index (χ3v) is 2.87. The molecule has 1 aromatic carbocycles. The fourth-order valence-corrected chi connectivity index (χ4v) is 1.71. The Morgan fingerprint density at radius 2 is 1.72 bits per heavy atom. The molecule has 0 amide bonds. The Kier molecular flexibility index (Phi) is 3.34. The zero-order valence-corrected chi connectivity index (χ0v) is 10.2. The van der Waals surface area contributed by atoms with E-state index in [0.717, 1.165) is 5.56 Å². The summed E-state index contributed by atoms with van der Waals surface area (Å²) in [7, 11) is 0. The monoisotopic (exact) mass is 249 g/mol. The van der Waals surface area contributed by atoms with E-state index >= 15 is 0 Å². The summed E-state index contributed by atoms with van der Waals surface area (Å²) >= 11 is 0. The number of nitrogens with zero attached hydrogens (tertiary/aromatic N) is 2. The van der Waals surface area contributed by atoms with E-state index in [4.69, 9.17) is 5.73 Å². The van der Waals surface area contributed by atoms with E-state index in [-0.39, 0.29) is 17.9 Å². The Balaban J connectivity index is 2.68. The Hall–Kier alpha value is -1.88. The van der Waals surface area contributed by atoms with Gasteiger partial charge in [-0.05, 0) is 31.5 Å². The summed E-state index contributed by atoms with van der Waals surface area (Å²) < 4.78 is 27.3. The molecule has 3 nitrogen and oxygen atoms in total. The first-order valence-electron chi connectivity index (χ1n) is 5.53. The minimum atomic E-state index is -0.679. The van der Waals surface area contributed by atoms with Crippen LogP contribution in [-0.2, 0) is 6.54 Å². The van der Waals surface area contributed by atoms with Gasteiger partial charge < -0.3 is 5.73 Å². The lowest BCUT2D eigenvalue weighted by atomic mass is 10.1. The smallest absolute Gasteiger partial charge is 0.165 e. The van der Waals surface area contributed by atoms with E-state index in [9.17, 15) is 8.78 Å². The molecule has 0 aliphatic carbocycles. The molecule has 0 aliphatic rings. The van der Waals surface area contributed by atoms with Crippen LogP contribution >= 0.6 is 0 Å². The SMILES string of the molecule is Cc1nc(-c2c(F)cccc2F)nc(CN)c1C. The third-order valence-electron chi connectivity index (χ3n) is 2.87. The number of hydrogen-bond donors (Lipinski definition) is 1. The standard InChI is InChI=1S/C13H13F2N3/c1-7-8(2)17-13(18-11(7)6-16)12-9(14)4-3-5-10(12)15/h3-5H,6,16H2,1-2H3. The normalized spacial score (nSPS) is 10.7. The molecule has 1 heterocycles. The van der Waals surface area contributed by atoms with Crippen LogP contribution in [-0.4, -0.2) is 9.97 Å². The molecule has 2 aromatic rings. The van der Waals surface area contributed by atoms with E-state index in [1.165, 1.54) is 18.2 Å². The Morgan fingerprint density at radius 1 is 1.11 bits per heavy atom. The van der Waals surface area contributed by atoms with Crippen LogP contribution in [0.1, 0.15) is 17.0 Å². The molecule has 0 saturated carbocycles. The summed E-state index contributed by atoms with van der Waals surface area (Å²) in [4.78, 5) is 8.25. The second-order valence-corrected chi connectivity index (χ2v) is 4.01. The average Bonchev–Trinajstić information content (AvgIpc) is 2.33. The Bertz CT molecular complexity index is 577. The van der Waals surface area contributed by atoms with E-state index in [1.54, 1.807) is 6.92 Å². The van der Waals surface area contributed by atoms with Crippen molar-refractivity contribution in [3.63, 3.8) is 0 Å². The summed E-state index contributed by atoms with van der Waals surface area (Å²) in [6, 6.07) is 3.66. The van der Waals surface area contributed by atoms with E-state index in [0.29, 0.717) is 11.4 Å². The zero-order chi connectivity index (χ0) is 13.3. The lowest BCUT2D eigenvalue weighted by Crippen LogP contribution is -2.08. The molecule has 94 valence electrons. The van der Waals surface area contributed by atoms with Gasteiger partial charge in [-0.1, -0.05) is 6.07 Å². The number of aryl methyl sites for hydroxylation is 1. The molecule has 0 radical (unpaired) electrons. The maximum Gasteiger partial charge on any atom is 0.165 e. The molecule has 5 heteroatoms. The minimum absolute atomic E-state index is 0.0363. The average molecular weight is 249 g/mol. The van der Waals surface area contributed by atoms with Crippen molar-refractivity contribution in [3.05, 3.63) is 46.8 Å². The Morgan fingerprint density at radius 3 is 2.28 bits per heavy atom. The highest BCUT2D eigenvalue weighted by molar-refractivity contribution is 5.57. The van der Waals surface area contributed by atoms with Crippen molar-refractivity contribution >= 4 is 0 Å². The molecule has 0 unspecified atom stereocenters. The van der Waals surface area contributed by atoms with Gasteiger partial charge in [-0.15, -0.1) is 0 Å². The zero-order valence-electron chi connectivity index (χ0n) is 10.2. The van der Waals surface area contributed by atoms with Gasteiger partial charge in [-0.2, -0.15) is 0 Å². The second-order valence-electron chi connectivity index (χ2n) is 4.01. The lowest BCUT2D eigenvalue weighted by molar-refractivity contribution is 0.587. The highest BCUT2D eigenvalue weighted by Gasteiger charge is 2.16. The van der Waals surface area contributed by atoms with Crippen molar-refractivity contribution in [2.24, 2.45) is 5.73 Å². The fourth-order valence-electron chi connectivity index (χ4n) is 1.71. The molecule has 2 rings (SSSR count). The first kappa shape index (κ1) is 12.6. The van der Waals surface area contributed by atoms with Crippen LogP contribution < -0.4 is 5.73 Å². The first-order chi connectivity index (χ1) is 8.54. The van der Waals surface area contributed by atoms with Gasteiger partial charge in [0.05, 0.1) is 11.3 Å². The molecular weight excluding hydrogens is 236 g/mol. The van der Waals surface area contributed by atoms with Crippen molar-refractivity contribution in [2.45, 2.75) is 20.4 Å². The van der Waals surface area contributed by atoms with Gasteiger partial charge in [-0.3, -0.25) is 0 Å². The van der Waals surface area contributed by atoms with Crippen LogP contribution in [0.3, 0.4) is 0 Å². The van der Waals surface area contributed by atoms with Crippen molar-refractivity contribution in [2.75, 3.05) is 0 Å². The maximum absolute atomic E-state index is 13.7. The summed E-state index contributed by atoms with van der Waals surface area (Å²) in [6.07, 6.45) is 0. The van der Waals surface area contributed by atoms with Crippen LogP contribution in [0.2, 0.25) is 0 Å². The molecule has 0 saturated heterocycles. The summed E-state index contributed by atoms with van der Waals surface area (Å²) in [5.74, 6) is -1.32. The van der Waals surface area contributed by atoms with Crippen molar-refractivity contribution in [1.29, 1.82) is 0 Å². The predicted molar refractivity (Wildman–Crippen MR) is 64.7 cm³/mol. The number of rotatable bonds is 2. The first-order valence-corrected chi connectivity index (χ1v) is 5.53. The second kappa shape index (κ2) is 4.78. The van der Waals surface area contributed by atoms with Gasteiger partial charge in [0, 0.05) is 12.2 Å². The van der Waals surface area contributed by atoms with Crippen LogP contribution in [0.25, 0.3) is 11.4 Å². The van der Waals surface area contributed by atoms with Crippen molar-refractivity contribution in [1.82, 2.24) is 9.97 Å². The highest BCUT2D eigenvalue weighted by Crippen LogP contribution is 2.24. The molecular formula is C13H13F2N3. The maximum atomic E-state index is 13.7. The minimum Gasteiger partial charge on any atom is -0.325 e. The third kappa shape index (κ3) is 2.09. The molecule has 0 aliphatic heterocycles. The molecule has 0 fully saturated rings. The lowest BCUT2D eigenvalue weighted by Gasteiger charge is -2.10. The number of hydrogen-bond acceptors (Lipinski definition) is 3. The molecule has 0 atom stereocenters. The van der Waals surface area contributed by atoms with Gasteiger partial charge in [0.25, 0.3) is 0 Å². The van der Waals surface area contributed by atoms with Crippen LogP contribution in [0.5, 0.6) is 0 Å². The molecule has 0 spiro atoms. The fraction of sp³-hybridized carbons (Fsp3) is 0.231. The van der Waals surface area contributed by atoms with Gasteiger partial charge >= 0.3 is 0 Å². The Labute approximate surface area is 104 Å². The predicted octanol–water partition coefficient (Wildman–Crippen LogP) is 2.50. The summed E-state index contributed by atoms with van der Waals surface area (Å²) in [5, 5.41) is 0. The summed E-state index contributed by atoms with van der Waals surface area (Å²) in [6.45, 7) is 3.80. The van der Waals surface area contributed by atoms with Crippen molar-refractivity contribution < 1.29 is 8.78 Å². The molecule has 1 aromatic heterocycles. The summed E-state index contributed by atoms with van der Waals surface area (Å²) in [5.41, 5.74) is 7.46. The number of halogens is 2. The number of aromatic nitrogens is 2. The van der Waals surface area contributed by atoms with Crippen LogP contribution in [0.4, 0.5) is 8.78 Å². The molecule has 2 N–H and O–H groups in total. The van der Waals surface area contributed by atoms with E-state index < -0.39 is 11.6 Å². The van der Waals surface area contributed by atoms with Gasteiger partial charge in [0.2, 0.25) is 0 Å². The van der Waals surface area contributed by atoms with E-state index in [2.05, 4.69) is 9.97 Å². The van der Waals surface area contributed by atoms with Crippen LogP contribution in [0, 0.1) is 25.5 Å². The van der Waals surface area contributed by atoms with Gasteiger partial charge in [0.15, 0.2) is 5.82 Å². The highest BCUT2D eigenvalue weighted by atomic mass is 19.1. The van der Waals surface area contributed by atoms with Gasteiger partial charge in [-0.25, -0.2) is 18.7 Å². The number of benzene rings is 1. The quantitative estimate of drug-likeness (QED) is 0.889.